The van der Waals surface area contributed by atoms with Crippen LogP contribution in [-0.4, -0.2) is 32.1 Å². The number of nitrogens with zero attached hydrogens (tertiary/aromatic N) is 3. The van der Waals surface area contributed by atoms with Gasteiger partial charge < -0.3 is 5.32 Å². The number of hydrogen-bond donors (Lipinski definition) is 2. The third-order valence-corrected chi connectivity index (χ3v) is 3.52. The normalized spacial score (nSPS) is 15.4. The highest BCUT2D eigenvalue weighted by Crippen LogP contribution is 2.17. The summed E-state index contributed by atoms with van der Waals surface area (Å²) in [6.07, 6.45) is 8.22. The molecule has 1 aliphatic carbocycles. The van der Waals surface area contributed by atoms with Crippen molar-refractivity contribution in [2.45, 2.75) is 38.1 Å². The molecule has 6 nitrogen and oxygen atoms in total. The maximum Gasteiger partial charge on any atom is 0.227 e. The van der Waals surface area contributed by atoms with Gasteiger partial charge in [0.15, 0.2) is 5.82 Å². The number of rotatable bonds is 4. The highest BCUT2D eigenvalue weighted by molar-refractivity contribution is 5.78. The maximum absolute atomic E-state index is 11.9. The molecule has 2 heterocycles. The fourth-order valence-electron chi connectivity index (χ4n) is 2.51. The summed E-state index contributed by atoms with van der Waals surface area (Å²) in [5, 5.41) is 9.98. The molecule has 2 N–H and O–H groups in total. The van der Waals surface area contributed by atoms with Gasteiger partial charge in [0, 0.05) is 24.0 Å². The Kier molecular flexibility index (Phi) is 3.71. The van der Waals surface area contributed by atoms with Gasteiger partial charge in [-0.1, -0.05) is 12.8 Å². The lowest BCUT2D eigenvalue weighted by molar-refractivity contribution is -0.121. The average molecular weight is 271 g/mol. The molecule has 1 aliphatic rings. The molecule has 6 heteroatoms. The van der Waals surface area contributed by atoms with Crippen molar-refractivity contribution in [2.24, 2.45) is 0 Å². The molecule has 2 aromatic rings. The van der Waals surface area contributed by atoms with Gasteiger partial charge in [0.2, 0.25) is 5.91 Å². The number of carbonyl (C=O) groups is 1. The van der Waals surface area contributed by atoms with Gasteiger partial charge in [0.25, 0.3) is 0 Å². The minimum Gasteiger partial charge on any atom is -0.353 e. The van der Waals surface area contributed by atoms with Crippen molar-refractivity contribution in [3.63, 3.8) is 0 Å². The molecule has 0 bridgehead atoms. The standard InChI is InChI=1S/C14H17N5O/c20-13(16-11-3-1-2-4-11)9-12-17-14(19-18-12)10-5-7-15-8-6-10/h5-8,11H,1-4,9H2,(H,16,20)(H,17,18,19). The molecule has 2 aromatic heterocycles. The molecular weight excluding hydrogens is 254 g/mol. The molecule has 0 aliphatic heterocycles. The van der Waals surface area contributed by atoms with Crippen molar-refractivity contribution in [2.75, 3.05) is 0 Å². The van der Waals surface area contributed by atoms with Crippen molar-refractivity contribution in [3.05, 3.63) is 30.4 Å². The number of hydrogen-bond acceptors (Lipinski definition) is 4. The number of pyridine rings is 1. The van der Waals surface area contributed by atoms with Crippen molar-refractivity contribution >= 4 is 5.91 Å². The molecule has 0 saturated heterocycles. The van der Waals surface area contributed by atoms with Gasteiger partial charge in [-0.05, 0) is 25.0 Å². The summed E-state index contributed by atoms with van der Waals surface area (Å²) in [4.78, 5) is 20.2. The second-order valence-corrected chi connectivity index (χ2v) is 5.07. The monoisotopic (exact) mass is 271 g/mol. The Labute approximate surface area is 117 Å². The number of H-pyrrole nitrogens is 1. The summed E-state index contributed by atoms with van der Waals surface area (Å²) in [5.41, 5.74) is 0.888. The smallest absolute Gasteiger partial charge is 0.227 e. The van der Waals surface area contributed by atoms with Crippen LogP contribution in [-0.2, 0) is 11.2 Å². The SMILES string of the molecule is O=C(Cc1nc(-c2ccncc2)n[nH]1)NC1CCCC1. The molecular formula is C14H17N5O. The minimum absolute atomic E-state index is 0.00864. The molecule has 1 fully saturated rings. The molecule has 1 amide bonds. The summed E-state index contributed by atoms with van der Waals surface area (Å²) in [6, 6.07) is 4.02. The first-order valence-corrected chi connectivity index (χ1v) is 6.92. The van der Waals surface area contributed by atoms with E-state index in [4.69, 9.17) is 0 Å². The quantitative estimate of drug-likeness (QED) is 0.882. The Morgan fingerprint density at radius 2 is 2.05 bits per heavy atom. The fraction of sp³-hybridized carbons (Fsp3) is 0.429. The number of carbonyl (C=O) groups excluding carboxylic acids is 1. The van der Waals surface area contributed by atoms with Crippen LogP contribution in [0.2, 0.25) is 0 Å². The molecule has 0 aromatic carbocycles. The lowest BCUT2D eigenvalue weighted by Crippen LogP contribution is -2.33. The number of amides is 1. The van der Waals surface area contributed by atoms with Crippen molar-refractivity contribution in [1.82, 2.24) is 25.5 Å². The summed E-state index contributed by atoms with van der Waals surface area (Å²) in [6.45, 7) is 0. The Hall–Kier alpha value is -2.24. The van der Waals surface area contributed by atoms with Crippen LogP contribution >= 0.6 is 0 Å². The van der Waals surface area contributed by atoms with Gasteiger partial charge >= 0.3 is 0 Å². The van der Waals surface area contributed by atoms with E-state index >= 15 is 0 Å². The van der Waals surface area contributed by atoms with Crippen LogP contribution in [0.25, 0.3) is 11.4 Å². The van der Waals surface area contributed by atoms with E-state index < -0.39 is 0 Å². The zero-order valence-electron chi connectivity index (χ0n) is 11.2. The topological polar surface area (TPSA) is 83.6 Å². The van der Waals surface area contributed by atoms with Crippen LogP contribution in [0.5, 0.6) is 0 Å². The van der Waals surface area contributed by atoms with E-state index in [2.05, 4.69) is 25.5 Å². The zero-order valence-corrected chi connectivity index (χ0v) is 11.2. The highest BCUT2D eigenvalue weighted by Gasteiger charge is 2.18. The van der Waals surface area contributed by atoms with Crippen LogP contribution in [0, 0.1) is 0 Å². The molecule has 20 heavy (non-hydrogen) atoms. The summed E-state index contributed by atoms with van der Waals surface area (Å²) in [7, 11) is 0. The van der Waals surface area contributed by atoms with Gasteiger partial charge in [-0.25, -0.2) is 4.98 Å². The first kappa shape index (κ1) is 12.8. The van der Waals surface area contributed by atoms with E-state index in [1.165, 1.54) is 12.8 Å². The Bertz CT molecular complexity index is 574. The molecule has 104 valence electrons. The lowest BCUT2D eigenvalue weighted by atomic mass is 10.2. The third-order valence-electron chi connectivity index (χ3n) is 3.52. The Morgan fingerprint density at radius 3 is 2.80 bits per heavy atom. The zero-order chi connectivity index (χ0) is 13.8. The molecule has 0 spiro atoms. The van der Waals surface area contributed by atoms with E-state index in [1.54, 1.807) is 12.4 Å². The molecule has 0 radical (unpaired) electrons. The average Bonchev–Trinajstić information content (AvgIpc) is 3.11. The van der Waals surface area contributed by atoms with Gasteiger partial charge in [0.1, 0.15) is 5.82 Å². The van der Waals surface area contributed by atoms with Crippen molar-refractivity contribution in [3.8, 4) is 11.4 Å². The molecule has 3 rings (SSSR count). The van der Waals surface area contributed by atoms with Crippen molar-refractivity contribution in [1.29, 1.82) is 0 Å². The third kappa shape index (κ3) is 3.01. The summed E-state index contributed by atoms with van der Waals surface area (Å²) < 4.78 is 0. The van der Waals surface area contributed by atoms with Crippen LogP contribution in [0.1, 0.15) is 31.5 Å². The Morgan fingerprint density at radius 1 is 1.30 bits per heavy atom. The van der Waals surface area contributed by atoms with Gasteiger partial charge in [-0.3, -0.25) is 14.9 Å². The first-order chi connectivity index (χ1) is 9.81. The van der Waals surface area contributed by atoms with E-state index in [0.717, 1.165) is 18.4 Å². The van der Waals surface area contributed by atoms with E-state index in [9.17, 15) is 4.79 Å². The largest absolute Gasteiger partial charge is 0.353 e. The molecule has 1 saturated carbocycles. The molecule has 0 unspecified atom stereocenters. The maximum atomic E-state index is 11.9. The first-order valence-electron chi connectivity index (χ1n) is 6.92. The van der Waals surface area contributed by atoms with Gasteiger partial charge in [-0.15, -0.1) is 0 Å². The summed E-state index contributed by atoms with van der Waals surface area (Å²) >= 11 is 0. The Balaban J connectivity index is 1.61. The van der Waals surface area contributed by atoms with Crippen molar-refractivity contribution < 1.29 is 4.79 Å². The van der Waals surface area contributed by atoms with E-state index in [0.29, 0.717) is 17.7 Å². The van der Waals surface area contributed by atoms with E-state index in [1.807, 2.05) is 12.1 Å². The molecule has 0 atom stereocenters. The van der Waals surface area contributed by atoms with E-state index in [-0.39, 0.29) is 12.3 Å². The predicted octanol–water partition coefficient (Wildman–Crippen LogP) is 1.47. The number of aromatic amines is 1. The number of nitrogens with one attached hydrogen (secondary N) is 2. The second-order valence-electron chi connectivity index (χ2n) is 5.07. The highest BCUT2D eigenvalue weighted by atomic mass is 16.1. The minimum atomic E-state index is 0.00864. The van der Waals surface area contributed by atoms with Crippen LogP contribution in [0.3, 0.4) is 0 Å². The lowest BCUT2D eigenvalue weighted by Gasteiger charge is -2.10. The van der Waals surface area contributed by atoms with Gasteiger partial charge in [0.05, 0.1) is 6.42 Å². The van der Waals surface area contributed by atoms with Gasteiger partial charge in [-0.2, -0.15) is 5.10 Å². The van der Waals surface area contributed by atoms with Crippen LogP contribution in [0.4, 0.5) is 0 Å². The summed E-state index contributed by atoms with van der Waals surface area (Å²) in [5.74, 6) is 1.19. The number of aromatic nitrogens is 4. The second kappa shape index (κ2) is 5.81. The van der Waals surface area contributed by atoms with Crippen LogP contribution < -0.4 is 5.32 Å². The van der Waals surface area contributed by atoms with Crippen LogP contribution in [0.15, 0.2) is 24.5 Å². The fourth-order valence-corrected chi connectivity index (χ4v) is 2.51. The predicted molar refractivity (Wildman–Crippen MR) is 73.7 cm³/mol.